The van der Waals surface area contributed by atoms with Crippen LogP contribution in [-0.4, -0.2) is 69.6 Å². The molecule has 0 saturated carbocycles. The third-order valence-electron chi connectivity index (χ3n) is 3.31. The lowest BCUT2D eigenvalue weighted by Crippen LogP contribution is -2.38. The van der Waals surface area contributed by atoms with Gasteiger partial charge in [-0.2, -0.15) is 4.31 Å². The fourth-order valence-corrected chi connectivity index (χ4v) is 2.99. The largest absolute Gasteiger partial charge is 0.491 e. The van der Waals surface area contributed by atoms with E-state index in [1.807, 2.05) is 32.8 Å². The predicted octanol–water partition coefficient (Wildman–Crippen LogP) is 1.63. The first-order valence-corrected chi connectivity index (χ1v) is 10.1. The first-order valence-electron chi connectivity index (χ1n) is 8.24. The summed E-state index contributed by atoms with van der Waals surface area (Å²) in [7, 11) is 0.405. The molecule has 0 aromatic heterocycles. The number of hydrogen-bond donors (Lipinski definition) is 1. The van der Waals surface area contributed by atoms with Crippen molar-refractivity contribution in [3.63, 3.8) is 0 Å². The fourth-order valence-electron chi connectivity index (χ4n) is 2.18. The fraction of sp³-hybridized carbons (Fsp3) is 0.588. The van der Waals surface area contributed by atoms with E-state index in [0.29, 0.717) is 18.7 Å². The zero-order chi connectivity index (χ0) is 19.0. The van der Waals surface area contributed by atoms with Crippen LogP contribution in [0.1, 0.15) is 20.3 Å². The molecule has 0 atom stereocenters. The molecule has 0 spiro atoms. The molecule has 7 nitrogen and oxygen atoms in total. The van der Waals surface area contributed by atoms with Crippen LogP contribution in [-0.2, 0) is 14.8 Å². The van der Waals surface area contributed by atoms with E-state index < -0.39 is 10.0 Å². The van der Waals surface area contributed by atoms with Gasteiger partial charge in [-0.3, -0.25) is 4.79 Å². The molecule has 1 aromatic rings. The maximum atomic E-state index is 12.2. The Kier molecular flexibility index (Phi) is 8.34. The highest BCUT2D eigenvalue weighted by atomic mass is 32.2. The first-order chi connectivity index (χ1) is 11.6. The van der Waals surface area contributed by atoms with Crippen LogP contribution in [0.25, 0.3) is 0 Å². The molecule has 0 aliphatic carbocycles. The average Bonchev–Trinajstić information content (AvgIpc) is 2.46. The number of amides is 1. The molecular formula is C17H29N3O4S. The maximum Gasteiger partial charge on any atom is 0.239 e. The summed E-state index contributed by atoms with van der Waals surface area (Å²) >= 11 is 0. The maximum absolute atomic E-state index is 12.2. The van der Waals surface area contributed by atoms with Crippen molar-refractivity contribution in [3.8, 4) is 5.75 Å². The minimum absolute atomic E-state index is 0.0749. The molecule has 0 fully saturated rings. The van der Waals surface area contributed by atoms with Crippen LogP contribution in [0.3, 0.4) is 0 Å². The molecule has 1 amide bonds. The molecular weight excluding hydrogens is 342 g/mol. The predicted molar refractivity (Wildman–Crippen MR) is 100 cm³/mol. The Balaban J connectivity index is 2.61. The van der Waals surface area contributed by atoms with Crippen molar-refractivity contribution in [1.29, 1.82) is 0 Å². The second-order valence-electron chi connectivity index (χ2n) is 6.49. The summed E-state index contributed by atoms with van der Waals surface area (Å²) in [6.45, 7) is 4.74. The van der Waals surface area contributed by atoms with Crippen LogP contribution < -0.4 is 10.1 Å². The van der Waals surface area contributed by atoms with Gasteiger partial charge in [0, 0.05) is 12.2 Å². The average molecular weight is 372 g/mol. The minimum Gasteiger partial charge on any atom is -0.491 e. The monoisotopic (exact) mass is 371 g/mol. The van der Waals surface area contributed by atoms with E-state index in [0.717, 1.165) is 18.6 Å². The van der Waals surface area contributed by atoms with Crippen molar-refractivity contribution in [1.82, 2.24) is 9.21 Å². The number of ether oxygens (including phenoxy) is 1. The van der Waals surface area contributed by atoms with E-state index in [-0.39, 0.29) is 18.6 Å². The highest BCUT2D eigenvalue weighted by Gasteiger charge is 2.19. The topological polar surface area (TPSA) is 79.0 Å². The summed E-state index contributed by atoms with van der Waals surface area (Å²) in [5.74, 6) is 0.349. The molecule has 0 heterocycles. The standard InChI is InChI=1S/C17H29N3O4S/c1-14(2)24-16-9-7-15(8-10-16)18-17(21)13-20(25(5,22)23)12-6-11-19(3)4/h7-10,14H,6,11-13H2,1-5H3,(H,18,21). The van der Waals surface area contributed by atoms with Gasteiger partial charge in [0.25, 0.3) is 0 Å². The van der Waals surface area contributed by atoms with E-state index in [2.05, 4.69) is 5.32 Å². The zero-order valence-corrected chi connectivity index (χ0v) is 16.5. The van der Waals surface area contributed by atoms with Crippen LogP contribution >= 0.6 is 0 Å². The van der Waals surface area contributed by atoms with Gasteiger partial charge in [0.1, 0.15) is 5.75 Å². The van der Waals surface area contributed by atoms with Gasteiger partial charge in [-0.15, -0.1) is 0 Å². The lowest BCUT2D eigenvalue weighted by Gasteiger charge is -2.20. The number of carbonyl (C=O) groups excluding carboxylic acids is 1. The number of nitrogens with zero attached hydrogens (tertiary/aromatic N) is 2. The smallest absolute Gasteiger partial charge is 0.239 e. The number of nitrogens with one attached hydrogen (secondary N) is 1. The van der Waals surface area contributed by atoms with Crippen molar-refractivity contribution < 1.29 is 17.9 Å². The lowest BCUT2D eigenvalue weighted by atomic mass is 10.3. The van der Waals surface area contributed by atoms with Gasteiger partial charge in [-0.1, -0.05) is 0 Å². The quantitative estimate of drug-likeness (QED) is 0.676. The van der Waals surface area contributed by atoms with Gasteiger partial charge in [-0.25, -0.2) is 8.42 Å². The van der Waals surface area contributed by atoms with Gasteiger partial charge in [0.2, 0.25) is 15.9 Å². The molecule has 25 heavy (non-hydrogen) atoms. The van der Waals surface area contributed by atoms with Crippen molar-refractivity contribution in [2.75, 3.05) is 45.3 Å². The number of rotatable bonds is 10. The Bertz CT molecular complexity index is 642. The number of anilines is 1. The second-order valence-corrected chi connectivity index (χ2v) is 8.47. The van der Waals surface area contributed by atoms with Crippen molar-refractivity contribution in [3.05, 3.63) is 24.3 Å². The minimum atomic E-state index is -3.44. The molecule has 0 unspecified atom stereocenters. The van der Waals surface area contributed by atoms with Crippen LogP contribution in [0.4, 0.5) is 5.69 Å². The summed E-state index contributed by atoms with van der Waals surface area (Å²) in [4.78, 5) is 14.1. The lowest BCUT2D eigenvalue weighted by molar-refractivity contribution is -0.116. The summed E-state index contributed by atoms with van der Waals surface area (Å²) in [5, 5.41) is 2.71. The molecule has 8 heteroatoms. The summed E-state index contributed by atoms with van der Waals surface area (Å²) in [6.07, 6.45) is 1.86. The van der Waals surface area contributed by atoms with Gasteiger partial charge >= 0.3 is 0 Å². The van der Waals surface area contributed by atoms with Gasteiger partial charge in [0.05, 0.1) is 18.9 Å². The van der Waals surface area contributed by atoms with Crippen LogP contribution in [0.5, 0.6) is 5.75 Å². The Morgan fingerprint density at radius 3 is 2.24 bits per heavy atom. The van der Waals surface area contributed by atoms with Gasteiger partial charge in [-0.05, 0) is 65.2 Å². The highest BCUT2D eigenvalue weighted by molar-refractivity contribution is 7.88. The van der Waals surface area contributed by atoms with Crippen molar-refractivity contribution >= 4 is 21.6 Å². The summed E-state index contributed by atoms with van der Waals surface area (Å²) < 4.78 is 30.5. The highest BCUT2D eigenvalue weighted by Crippen LogP contribution is 2.17. The molecule has 0 aliphatic heterocycles. The van der Waals surface area contributed by atoms with Crippen molar-refractivity contribution in [2.24, 2.45) is 0 Å². The molecule has 0 aliphatic rings. The van der Waals surface area contributed by atoms with Crippen LogP contribution in [0.2, 0.25) is 0 Å². The number of carbonyl (C=O) groups is 1. The Morgan fingerprint density at radius 2 is 1.76 bits per heavy atom. The SMILES string of the molecule is CC(C)Oc1ccc(NC(=O)CN(CCCN(C)C)S(C)(=O)=O)cc1. The van der Waals surface area contributed by atoms with E-state index in [1.54, 1.807) is 24.3 Å². The molecule has 142 valence electrons. The third kappa shape index (κ3) is 8.85. The Labute approximate surface area is 151 Å². The van der Waals surface area contributed by atoms with Gasteiger partial charge in [0.15, 0.2) is 0 Å². The van der Waals surface area contributed by atoms with Crippen LogP contribution in [0.15, 0.2) is 24.3 Å². The Morgan fingerprint density at radius 1 is 1.16 bits per heavy atom. The molecule has 1 N–H and O–H groups in total. The molecule has 1 aromatic carbocycles. The first kappa shape index (κ1) is 21.4. The van der Waals surface area contributed by atoms with Crippen LogP contribution in [0, 0.1) is 0 Å². The van der Waals surface area contributed by atoms with E-state index in [1.165, 1.54) is 4.31 Å². The molecule has 1 rings (SSSR count). The number of hydrogen-bond acceptors (Lipinski definition) is 5. The van der Waals surface area contributed by atoms with E-state index >= 15 is 0 Å². The van der Waals surface area contributed by atoms with Crippen molar-refractivity contribution in [2.45, 2.75) is 26.4 Å². The summed E-state index contributed by atoms with van der Waals surface area (Å²) in [5.41, 5.74) is 0.600. The summed E-state index contributed by atoms with van der Waals surface area (Å²) in [6, 6.07) is 6.99. The number of benzene rings is 1. The zero-order valence-electron chi connectivity index (χ0n) is 15.7. The molecule has 0 radical (unpaired) electrons. The Hall–Kier alpha value is -1.64. The second kappa shape index (κ2) is 9.74. The third-order valence-corrected chi connectivity index (χ3v) is 4.56. The normalized spacial score (nSPS) is 12.0. The van der Waals surface area contributed by atoms with Gasteiger partial charge < -0.3 is 15.0 Å². The number of sulfonamides is 1. The molecule has 0 saturated heterocycles. The molecule has 0 bridgehead atoms. The van der Waals surface area contributed by atoms with E-state index in [9.17, 15) is 13.2 Å². The van der Waals surface area contributed by atoms with E-state index in [4.69, 9.17) is 4.74 Å².